The van der Waals surface area contributed by atoms with Gasteiger partial charge >= 0.3 is 0 Å². The van der Waals surface area contributed by atoms with Crippen molar-refractivity contribution in [3.05, 3.63) is 0 Å². The van der Waals surface area contributed by atoms with E-state index in [0.29, 0.717) is 17.9 Å². The van der Waals surface area contributed by atoms with E-state index in [9.17, 15) is 4.79 Å². The Morgan fingerprint density at radius 1 is 1.33 bits per heavy atom. The van der Waals surface area contributed by atoms with Crippen molar-refractivity contribution in [2.45, 2.75) is 38.3 Å². The van der Waals surface area contributed by atoms with Crippen molar-refractivity contribution in [3.8, 4) is 5.97 Å². The molecule has 2 aliphatic rings. The smallest absolute Gasteiger partial charge is 0.268 e. The van der Waals surface area contributed by atoms with E-state index < -0.39 is 0 Å². The van der Waals surface area contributed by atoms with Crippen molar-refractivity contribution in [1.82, 2.24) is 0 Å². The highest BCUT2D eigenvalue weighted by Crippen LogP contribution is 2.51. The quantitative estimate of drug-likeness (QED) is 0.507. The van der Waals surface area contributed by atoms with Crippen molar-refractivity contribution in [3.63, 3.8) is 0 Å². The molecule has 0 aromatic heterocycles. The molecule has 0 radical (unpaired) electrons. The van der Waals surface area contributed by atoms with Crippen LogP contribution in [0.15, 0.2) is 0 Å². The molecular formula is C9H12BNO. The third-order valence-corrected chi connectivity index (χ3v) is 3.41. The molecule has 1 saturated carbocycles. The Labute approximate surface area is 73.0 Å². The van der Waals surface area contributed by atoms with Gasteiger partial charge in [0.2, 0.25) is 0 Å². The second kappa shape index (κ2) is 2.62. The fraction of sp³-hybridized carbons (Fsp3) is 0.778. The Kier molecular flexibility index (Phi) is 1.71. The van der Waals surface area contributed by atoms with E-state index >= 15 is 0 Å². The molecule has 0 atom stereocenters. The topological polar surface area (TPSA) is 40.9 Å². The van der Waals surface area contributed by atoms with Gasteiger partial charge in [0.15, 0.2) is 0 Å². The third kappa shape index (κ3) is 1.16. The largest absolute Gasteiger partial charge is 0.300 e. The van der Waals surface area contributed by atoms with Crippen molar-refractivity contribution < 1.29 is 4.79 Å². The average Bonchev–Trinajstić information content (AvgIpc) is 2.02. The fourth-order valence-electron chi connectivity index (χ4n) is 2.54. The van der Waals surface area contributed by atoms with Gasteiger partial charge in [0.25, 0.3) is 6.71 Å². The Bertz CT molecular complexity index is 238. The summed E-state index contributed by atoms with van der Waals surface area (Å²) in [5.41, 5.74) is 0.411. The van der Waals surface area contributed by atoms with Crippen LogP contribution in [0.2, 0.25) is 12.6 Å². The fourth-order valence-corrected chi connectivity index (χ4v) is 2.54. The molecule has 1 aliphatic carbocycles. The van der Waals surface area contributed by atoms with Crippen molar-refractivity contribution >= 4 is 12.5 Å². The Balaban J connectivity index is 1.92. The zero-order chi connectivity index (χ0) is 8.60. The Morgan fingerprint density at radius 3 is 2.42 bits per heavy atom. The second-order valence-electron chi connectivity index (χ2n) is 4.27. The van der Waals surface area contributed by atoms with Gasteiger partial charge in [0, 0.05) is 18.8 Å². The van der Waals surface area contributed by atoms with Gasteiger partial charge in [-0.15, -0.1) is 0 Å². The van der Waals surface area contributed by atoms with E-state index in [0.717, 1.165) is 38.3 Å². The molecule has 0 N–H and O–H groups in total. The van der Waals surface area contributed by atoms with Gasteiger partial charge in [0.1, 0.15) is 5.78 Å². The van der Waals surface area contributed by atoms with Crippen LogP contribution in [-0.2, 0) is 4.79 Å². The van der Waals surface area contributed by atoms with Crippen LogP contribution in [-0.4, -0.2) is 12.5 Å². The zero-order valence-electron chi connectivity index (χ0n) is 7.18. The molecule has 2 rings (SSSR count). The summed E-state index contributed by atoms with van der Waals surface area (Å²) in [7, 11) is 0. The molecule has 1 aliphatic heterocycles. The molecule has 12 heavy (non-hydrogen) atoms. The lowest BCUT2D eigenvalue weighted by Crippen LogP contribution is -2.44. The lowest BCUT2D eigenvalue weighted by Gasteiger charge is -2.46. The van der Waals surface area contributed by atoms with Gasteiger partial charge in [-0.25, -0.2) is 5.26 Å². The number of hydrogen-bond donors (Lipinski definition) is 0. The number of ketones is 1. The Hall–Kier alpha value is -0.775. The van der Waals surface area contributed by atoms with Crippen LogP contribution in [0.25, 0.3) is 0 Å². The van der Waals surface area contributed by atoms with E-state index in [2.05, 4.69) is 5.97 Å². The summed E-state index contributed by atoms with van der Waals surface area (Å²) in [5.74, 6) is 2.72. The molecule has 0 bridgehead atoms. The maximum Gasteiger partial charge on any atom is 0.268 e. The predicted octanol–water partition coefficient (Wildman–Crippen LogP) is 1.69. The number of carbonyl (C=O) groups is 1. The molecule has 0 aromatic rings. The van der Waals surface area contributed by atoms with Gasteiger partial charge in [-0.3, -0.25) is 4.79 Å². The summed E-state index contributed by atoms with van der Waals surface area (Å²) in [6.07, 6.45) is 5.72. The monoisotopic (exact) mass is 161 g/mol. The van der Waals surface area contributed by atoms with Crippen LogP contribution in [0.5, 0.6) is 0 Å². The normalized spacial score (nSPS) is 26.6. The third-order valence-electron chi connectivity index (χ3n) is 3.41. The van der Waals surface area contributed by atoms with Crippen molar-refractivity contribution in [2.24, 2.45) is 5.41 Å². The van der Waals surface area contributed by atoms with Crippen molar-refractivity contribution in [2.75, 3.05) is 0 Å². The number of nitrogens with zero attached hydrogens (tertiary/aromatic N) is 1. The van der Waals surface area contributed by atoms with Crippen LogP contribution in [0.3, 0.4) is 0 Å². The van der Waals surface area contributed by atoms with Gasteiger partial charge in [-0.2, -0.15) is 0 Å². The van der Waals surface area contributed by atoms with E-state index in [1.165, 1.54) is 0 Å². The van der Waals surface area contributed by atoms with Gasteiger partial charge in [0.05, 0.1) is 0 Å². The second-order valence-corrected chi connectivity index (χ2v) is 4.27. The maximum atomic E-state index is 11.0. The summed E-state index contributed by atoms with van der Waals surface area (Å²) >= 11 is 0. The molecule has 0 aromatic carbocycles. The minimum absolute atomic E-state index is 0.290. The summed E-state index contributed by atoms with van der Waals surface area (Å²) in [4.78, 5) is 11.0. The summed E-state index contributed by atoms with van der Waals surface area (Å²) in [6, 6.07) is 0. The highest BCUT2D eigenvalue weighted by atomic mass is 16.1. The summed E-state index contributed by atoms with van der Waals surface area (Å²) in [6.45, 7) is 0.290. The summed E-state index contributed by atoms with van der Waals surface area (Å²) in [5, 5.41) is 8.64. The van der Waals surface area contributed by atoms with Crippen LogP contribution in [0.4, 0.5) is 0 Å². The first-order chi connectivity index (χ1) is 5.74. The molecule has 0 unspecified atom stereocenters. The minimum Gasteiger partial charge on any atom is -0.300 e. The van der Waals surface area contributed by atoms with Crippen LogP contribution < -0.4 is 0 Å². The van der Waals surface area contributed by atoms with Gasteiger partial charge in [-0.05, 0) is 18.3 Å². The van der Waals surface area contributed by atoms with Crippen LogP contribution in [0, 0.1) is 16.6 Å². The molecule has 2 fully saturated rings. The Morgan fingerprint density at radius 2 is 1.92 bits per heavy atom. The SMILES string of the molecule is N#CB1CC2(CCC(=O)CC2)C1. The lowest BCUT2D eigenvalue weighted by molar-refractivity contribution is -0.122. The molecule has 2 nitrogen and oxygen atoms in total. The van der Waals surface area contributed by atoms with Crippen molar-refractivity contribution in [1.29, 1.82) is 5.26 Å². The lowest BCUT2D eigenvalue weighted by atomic mass is 9.26. The minimum atomic E-state index is 0.290. The molecular weight excluding hydrogens is 149 g/mol. The standard InChI is InChI=1S/C9H12BNO/c11-7-10-5-9(6-10)3-1-8(12)2-4-9/h1-6H2. The molecule has 1 saturated heterocycles. The van der Waals surface area contributed by atoms with Gasteiger partial charge in [-0.1, -0.05) is 12.6 Å². The summed E-state index contributed by atoms with van der Waals surface area (Å²) < 4.78 is 0. The van der Waals surface area contributed by atoms with E-state index in [1.54, 1.807) is 0 Å². The first-order valence-electron chi connectivity index (χ1n) is 4.65. The predicted molar refractivity (Wildman–Crippen MR) is 46.9 cm³/mol. The first-order valence-corrected chi connectivity index (χ1v) is 4.65. The number of carbonyl (C=O) groups excluding carboxylic acids is 1. The van der Waals surface area contributed by atoms with Gasteiger partial charge < -0.3 is 0 Å². The number of rotatable bonds is 0. The first kappa shape index (κ1) is 7.85. The number of nitriles is 1. The maximum absolute atomic E-state index is 11.0. The average molecular weight is 161 g/mol. The highest BCUT2D eigenvalue weighted by Gasteiger charge is 2.47. The number of Topliss-reactive ketones (excluding diaryl/α,β-unsaturated/α-hetero) is 1. The van der Waals surface area contributed by atoms with E-state index in [-0.39, 0.29) is 0 Å². The molecule has 62 valence electrons. The van der Waals surface area contributed by atoms with E-state index in [1.807, 2.05) is 0 Å². The molecule has 1 heterocycles. The van der Waals surface area contributed by atoms with Crippen LogP contribution in [0.1, 0.15) is 25.7 Å². The molecule has 3 heteroatoms. The zero-order valence-corrected chi connectivity index (χ0v) is 7.18. The van der Waals surface area contributed by atoms with E-state index in [4.69, 9.17) is 5.26 Å². The highest BCUT2D eigenvalue weighted by molar-refractivity contribution is 6.70. The number of hydrogen-bond acceptors (Lipinski definition) is 2. The molecule has 0 amide bonds. The van der Waals surface area contributed by atoms with Crippen LogP contribution >= 0.6 is 0 Å². The molecule has 1 spiro atoms.